The summed E-state index contributed by atoms with van der Waals surface area (Å²) in [6.45, 7) is -0.681. The zero-order valence-electron chi connectivity index (χ0n) is 11.9. The van der Waals surface area contributed by atoms with E-state index in [0.29, 0.717) is 0 Å². The van der Waals surface area contributed by atoms with Gasteiger partial charge in [0.15, 0.2) is 0 Å². The lowest BCUT2D eigenvalue weighted by Gasteiger charge is -2.09. The van der Waals surface area contributed by atoms with Crippen molar-refractivity contribution in [1.29, 1.82) is 0 Å². The maximum Gasteiger partial charge on any atom is 0.330 e. The van der Waals surface area contributed by atoms with Gasteiger partial charge in [-0.05, 0) is 12.8 Å². The Hall–Kier alpha value is -1.88. The summed E-state index contributed by atoms with van der Waals surface area (Å²) in [5.41, 5.74) is 10.6. The van der Waals surface area contributed by atoms with Crippen LogP contribution in [0, 0.1) is 0 Å². The van der Waals surface area contributed by atoms with Gasteiger partial charge in [0.2, 0.25) is 0 Å². The van der Waals surface area contributed by atoms with E-state index in [2.05, 4.69) is 9.47 Å². The van der Waals surface area contributed by atoms with E-state index in [4.69, 9.17) is 21.7 Å². The van der Waals surface area contributed by atoms with Crippen LogP contribution in [0.3, 0.4) is 0 Å². The van der Waals surface area contributed by atoms with Gasteiger partial charge in [-0.15, -0.1) is 0 Å². The summed E-state index contributed by atoms with van der Waals surface area (Å²) in [5.74, 6) is -4.06. The molecule has 0 aromatic rings. The van der Waals surface area contributed by atoms with Crippen LogP contribution in [-0.2, 0) is 28.7 Å². The molecular weight excluding hydrogens is 300 g/mol. The summed E-state index contributed by atoms with van der Waals surface area (Å²) in [6.07, 6.45) is -1.10. The van der Waals surface area contributed by atoms with Gasteiger partial charge in [0.1, 0.15) is 12.1 Å². The average Bonchev–Trinajstić information content (AvgIpc) is 2.45. The lowest BCUT2D eigenvalue weighted by molar-refractivity contribution is -0.166. The Kier molecular flexibility index (Phi) is 9.87. The van der Waals surface area contributed by atoms with Crippen molar-refractivity contribution < 1.29 is 38.9 Å². The van der Waals surface area contributed by atoms with E-state index >= 15 is 0 Å². The van der Waals surface area contributed by atoms with Gasteiger partial charge in [-0.25, -0.2) is 9.59 Å². The molecule has 0 aliphatic heterocycles. The van der Waals surface area contributed by atoms with Crippen molar-refractivity contribution in [2.24, 2.45) is 11.5 Å². The van der Waals surface area contributed by atoms with Crippen LogP contribution in [0.4, 0.5) is 0 Å². The normalized spacial score (nSPS) is 13.1. The molecule has 0 aromatic carbocycles. The number of aliphatic hydroxyl groups excluding tert-OH is 2. The van der Waals surface area contributed by atoms with Gasteiger partial charge in [0.25, 0.3) is 0 Å². The average molecular weight is 320 g/mol. The van der Waals surface area contributed by atoms with E-state index in [0.717, 1.165) is 0 Å². The molecule has 10 heteroatoms. The summed E-state index contributed by atoms with van der Waals surface area (Å²) in [6, 6.07) is -2.28. The van der Waals surface area contributed by atoms with Crippen LogP contribution >= 0.6 is 0 Å². The Balaban J connectivity index is 4.07. The molecule has 0 aliphatic carbocycles. The maximum atomic E-state index is 11.3. The minimum absolute atomic E-state index is 0.0641. The minimum Gasteiger partial charge on any atom is -0.396 e. The molecule has 0 bridgehead atoms. The van der Waals surface area contributed by atoms with Gasteiger partial charge in [-0.2, -0.15) is 0 Å². The number of hydrogen-bond acceptors (Lipinski definition) is 10. The van der Waals surface area contributed by atoms with Crippen molar-refractivity contribution >= 4 is 23.9 Å². The van der Waals surface area contributed by atoms with Gasteiger partial charge in [0, 0.05) is 13.2 Å². The van der Waals surface area contributed by atoms with Crippen LogP contribution < -0.4 is 11.5 Å². The molecule has 0 aromatic heterocycles. The van der Waals surface area contributed by atoms with Crippen LogP contribution in [-0.4, -0.2) is 59.4 Å². The van der Waals surface area contributed by atoms with Crippen molar-refractivity contribution in [3.8, 4) is 0 Å². The molecule has 2 atom stereocenters. The molecule has 0 saturated carbocycles. The first-order valence-electron chi connectivity index (χ1n) is 6.53. The first-order valence-corrected chi connectivity index (χ1v) is 6.53. The monoisotopic (exact) mass is 320 g/mol. The first-order chi connectivity index (χ1) is 10.3. The summed E-state index contributed by atoms with van der Waals surface area (Å²) in [5, 5.41) is 17.1. The quantitative estimate of drug-likeness (QED) is 0.258. The highest BCUT2D eigenvalue weighted by Crippen LogP contribution is 2.01. The molecule has 0 rings (SSSR count). The smallest absolute Gasteiger partial charge is 0.330 e. The summed E-state index contributed by atoms with van der Waals surface area (Å²) >= 11 is 0. The van der Waals surface area contributed by atoms with Gasteiger partial charge in [-0.1, -0.05) is 0 Å². The molecule has 126 valence electrons. The van der Waals surface area contributed by atoms with Crippen molar-refractivity contribution in [2.75, 3.05) is 13.2 Å². The van der Waals surface area contributed by atoms with E-state index in [1.54, 1.807) is 0 Å². The molecule has 0 unspecified atom stereocenters. The van der Waals surface area contributed by atoms with Crippen LogP contribution in [0.5, 0.6) is 0 Å². The van der Waals surface area contributed by atoms with E-state index in [-0.39, 0.29) is 26.1 Å². The van der Waals surface area contributed by atoms with Gasteiger partial charge in [-0.3, -0.25) is 9.59 Å². The molecule has 6 N–H and O–H groups in total. The fourth-order valence-electron chi connectivity index (χ4n) is 1.20. The van der Waals surface area contributed by atoms with Crippen LogP contribution in [0.2, 0.25) is 0 Å². The molecule has 0 saturated heterocycles. The summed E-state index contributed by atoms with van der Waals surface area (Å²) in [7, 11) is 0. The Morgan fingerprint density at radius 2 is 1.09 bits per heavy atom. The van der Waals surface area contributed by atoms with Crippen molar-refractivity contribution in [2.45, 2.75) is 37.8 Å². The first kappa shape index (κ1) is 20.1. The van der Waals surface area contributed by atoms with Crippen LogP contribution in [0.25, 0.3) is 0 Å². The van der Waals surface area contributed by atoms with E-state index < -0.39 is 48.8 Å². The fourth-order valence-corrected chi connectivity index (χ4v) is 1.20. The highest BCUT2D eigenvalue weighted by Gasteiger charge is 2.21. The topological polar surface area (TPSA) is 179 Å². The third-order valence-electron chi connectivity index (χ3n) is 2.45. The second-order valence-electron chi connectivity index (χ2n) is 4.32. The van der Waals surface area contributed by atoms with Crippen LogP contribution in [0.15, 0.2) is 0 Å². The molecule has 22 heavy (non-hydrogen) atoms. The zero-order chi connectivity index (χ0) is 17.1. The van der Waals surface area contributed by atoms with Gasteiger partial charge < -0.3 is 31.2 Å². The molecule has 0 spiro atoms. The predicted octanol–water partition coefficient (Wildman–Crippen LogP) is -2.67. The van der Waals surface area contributed by atoms with E-state index in [1.165, 1.54) is 0 Å². The molecule has 10 nitrogen and oxygen atoms in total. The third-order valence-corrected chi connectivity index (χ3v) is 2.45. The summed E-state index contributed by atoms with van der Waals surface area (Å²) < 4.78 is 8.68. The van der Waals surface area contributed by atoms with Crippen LogP contribution in [0.1, 0.15) is 25.7 Å². The maximum absolute atomic E-state index is 11.3. The molecule has 0 fully saturated rings. The Labute approximate surface area is 126 Å². The zero-order valence-corrected chi connectivity index (χ0v) is 11.9. The number of carbonyl (C=O) groups is 4. The molecular formula is C12H20N2O8. The molecule has 0 amide bonds. The summed E-state index contributed by atoms with van der Waals surface area (Å²) in [4.78, 5) is 45.0. The number of hydrogen-bond donors (Lipinski definition) is 4. The number of ether oxygens (including phenoxy) is 2. The highest BCUT2D eigenvalue weighted by atomic mass is 16.6. The third kappa shape index (κ3) is 8.42. The standard InChI is InChI=1S/C12H20N2O8/c13-7(3-5-15)11(19)21-9(17)1-2-10(18)22-12(20)8(14)4-6-16/h7-8,15-16H,1-6,13-14H2/t7-,8-/m0/s1. The fraction of sp³-hybridized carbons (Fsp3) is 0.667. The lowest BCUT2D eigenvalue weighted by Crippen LogP contribution is -2.35. The number of esters is 4. The number of rotatable bonds is 9. The SMILES string of the molecule is N[C@@H](CCO)C(=O)OC(=O)CCC(=O)OC(=O)[C@@H](N)CCO. The van der Waals surface area contributed by atoms with Gasteiger partial charge >= 0.3 is 23.9 Å². The molecule has 0 heterocycles. The predicted molar refractivity (Wildman–Crippen MR) is 70.8 cm³/mol. The Morgan fingerprint density at radius 3 is 1.36 bits per heavy atom. The van der Waals surface area contributed by atoms with Gasteiger partial charge in [0.05, 0.1) is 12.8 Å². The van der Waals surface area contributed by atoms with Crippen molar-refractivity contribution in [3.05, 3.63) is 0 Å². The molecule has 0 radical (unpaired) electrons. The van der Waals surface area contributed by atoms with E-state index in [9.17, 15) is 19.2 Å². The van der Waals surface area contributed by atoms with Crippen molar-refractivity contribution in [3.63, 3.8) is 0 Å². The van der Waals surface area contributed by atoms with Crippen molar-refractivity contribution in [1.82, 2.24) is 0 Å². The lowest BCUT2D eigenvalue weighted by atomic mass is 10.2. The second-order valence-corrected chi connectivity index (χ2v) is 4.32. The number of nitrogens with two attached hydrogens (primary N) is 2. The second kappa shape index (κ2) is 10.8. The Bertz CT molecular complexity index is 374. The Morgan fingerprint density at radius 1 is 0.773 bits per heavy atom. The number of aliphatic hydroxyl groups is 2. The number of carbonyl (C=O) groups excluding carboxylic acids is 4. The molecule has 0 aliphatic rings. The largest absolute Gasteiger partial charge is 0.396 e. The van der Waals surface area contributed by atoms with E-state index in [1.807, 2.05) is 0 Å². The minimum atomic E-state index is -1.14. The highest BCUT2D eigenvalue weighted by molar-refractivity contribution is 5.92.